The van der Waals surface area contributed by atoms with E-state index in [4.69, 9.17) is 6.42 Å². The molecular formula is C9H10. The highest BCUT2D eigenvalue weighted by molar-refractivity contribution is 5.35. The predicted molar refractivity (Wildman–Crippen MR) is 41.9 cm³/mol. The summed E-state index contributed by atoms with van der Waals surface area (Å²) in [6.07, 6.45) is 8.63. The molecule has 0 aliphatic carbocycles. The van der Waals surface area contributed by atoms with E-state index in [1.165, 1.54) is 0 Å². The molecular weight excluding hydrogens is 108 g/mol. The molecule has 0 heterocycles. The molecule has 0 rings (SSSR count). The average Bonchev–Trinajstić information content (AvgIpc) is 1.83. The maximum atomic E-state index is 5.03. The maximum Gasteiger partial charge on any atom is 0.0170 e. The first-order chi connectivity index (χ1) is 4.16. The monoisotopic (exact) mass is 118 g/mol. The van der Waals surface area contributed by atoms with Gasteiger partial charge in [-0.25, -0.2) is 0 Å². The highest BCUT2D eigenvalue weighted by Crippen LogP contribution is 1.94. The van der Waals surface area contributed by atoms with Gasteiger partial charge in [-0.15, -0.1) is 6.42 Å². The zero-order valence-electron chi connectivity index (χ0n) is 5.65. The Morgan fingerprint density at radius 2 is 2.00 bits per heavy atom. The largest absolute Gasteiger partial charge is 0.115 e. The molecule has 0 bridgehead atoms. The van der Waals surface area contributed by atoms with E-state index in [-0.39, 0.29) is 0 Å². The fourth-order valence-electron chi connectivity index (χ4n) is 0.291. The molecule has 46 valence electrons. The fourth-order valence-corrected chi connectivity index (χ4v) is 0.291. The van der Waals surface area contributed by atoms with E-state index in [1.54, 1.807) is 6.08 Å². The van der Waals surface area contributed by atoms with Gasteiger partial charge in [0.25, 0.3) is 0 Å². The fraction of sp³-hybridized carbons (Fsp3) is 0.111. The highest BCUT2D eigenvalue weighted by atomic mass is 13.8. The van der Waals surface area contributed by atoms with Gasteiger partial charge in [0.1, 0.15) is 0 Å². The van der Waals surface area contributed by atoms with Crippen LogP contribution in [-0.2, 0) is 0 Å². The van der Waals surface area contributed by atoms with Gasteiger partial charge >= 0.3 is 0 Å². The predicted octanol–water partition coefficient (Wildman–Crippen LogP) is 2.31. The summed E-state index contributed by atoms with van der Waals surface area (Å²) in [4.78, 5) is 0. The Morgan fingerprint density at radius 3 is 2.33 bits per heavy atom. The minimum absolute atomic E-state index is 0.679. The van der Waals surface area contributed by atoms with Gasteiger partial charge in [-0.3, -0.25) is 0 Å². The van der Waals surface area contributed by atoms with Gasteiger partial charge in [-0.1, -0.05) is 30.7 Å². The summed E-state index contributed by atoms with van der Waals surface area (Å²) in [7, 11) is 0. The average molecular weight is 118 g/mol. The second-order valence-electron chi connectivity index (χ2n) is 1.85. The van der Waals surface area contributed by atoms with Crippen molar-refractivity contribution in [3.05, 3.63) is 36.5 Å². The summed E-state index contributed by atoms with van der Waals surface area (Å²) >= 11 is 0. The summed E-state index contributed by atoms with van der Waals surface area (Å²) in [5.41, 5.74) is 1.66. The van der Waals surface area contributed by atoms with Gasteiger partial charge in [0.05, 0.1) is 0 Å². The van der Waals surface area contributed by atoms with Gasteiger partial charge in [-0.05, 0) is 13.0 Å². The van der Waals surface area contributed by atoms with Crippen LogP contribution in [0, 0.1) is 12.3 Å². The molecule has 0 fully saturated rings. The van der Waals surface area contributed by atoms with Crippen LogP contribution in [-0.4, -0.2) is 0 Å². The minimum Gasteiger partial charge on any atom is -0.115 e. The number of rotatable bonds is 2. The van der Waals surface area contributed by atoms with Crippen molar-refractivity contribution in [2.45, 2.75) is 6.92 Å². The SMILES string of the molecule is C#CC(=C)C=CC(=C)C. The second-order valence-corrected chi connectivity index (χ2v) is 1.85. The Morgan fingerprint density at radius 1 is 1.44 bits per heavy atom. The van der Waals surface area contributed by atoms with Crippen LogP contribution in [0.4, 0.5) is 0 Å². The van der Waals surface area contributed by atoms with Gasteiger partial charge < -0.3 is 0 Å². The lowest BCUT2D eigenvalue weighted by Gasteiger charge is -1.83. The van der Waals surface area contributed by atoms with E-state index >= 15 is 0 Å². The van der Waals surface area contributed by atoms with Crippen LogP contribution in [0.25, 0.3) is 0 Å². The first-order valence-electron chi connectivity index (χ1n) is 2.66. The standard InChI is InChI=1S/C9H10/c1-5-9(4)7-6-8(2)3/h1,6-7H,2,4H2,3H3. The van der Waals surface area contributed by atoms with Crippen molar-refractivity contribution in [1.82, 2.24) is 0 Å². The van der Waals surface area contributed by atoms with Crippen molar-refractivity contribution >= 4 is 0 Å². The molecule has 0 spiro atoms. The summed E-state index contributed by atoms with van der Waals surface area (Å²) < 4.78 is 0. The molecule has 0 aromatic heterocycles. The van der Waals surface area contributed by atoms with Crippen LogP contribution in [0.1, 0.15) is 6.92 Å². The van der Waals surface area contributed by atoms with E-state index in [9.17, 15) is 0 Å². The molecule has 0 radical (unpaired) electrons. The normalized spacial score (nSPS) is 8.89. The third-order valence-corrected chi connectivity index (χ3v) is 0.754. The van der Waals surface area contributed by atoms with Crippen molar-refractivity contribution < 1.29 is 0 Å². The molecule has 0 N–H and O–H groups in total. The molecule has 0 nitrogen and oxygen atoms in total. The van der Waals surface area contributed by atoms with Crippen molar-refractivity contribution in [3.63, 3.8) is 0 Å². The smallest absolute Gasteiger partial charge is 0.0170 e. The minimum atomic E-state index is 0.679. The van der Waals surface area contributed by atoms with Crippen LogP contribution < -0.4 is 0 Å². The lowest BCUT2D eigenvalue weighted by atomic mass is 10.2. The summed E-state index contributed by atoms with van der Waals surface area (Å²) in [5.74, 6) is 2.40. The lowest BCUT2D eigenvalue weighted by Crippen LogP contribution is -1.66. The Bertz CT molecular complexity index is 187. The molecule has 9 heavy (non-hydrogen) atoms. The molecule has 0 atom stereocenters. The molecule has 0 saturated carbocycles. The first-order valence-corrected chi connectivity index (χ1v) is 2.66. The molecule has 0 unspecified atom stereocenters. The van der Waals surface area contributed by atoms with Crippen LogP contribution in [0.5, 0.6) is 0 Å². The molecule has 0 amide bonds. The van der Waals surface area contributed by atoms with Crippen LogP contribution in [0.15, 0.2) is 36.5 Å². The van der Waals surface area contributed by atoms with Gasteiger partial charge in [0, 0.05) is 5.57 Å². The van der Waals surface area contributed by atoms with Gasteiger partial charge in [-0.2, -0.15) is 0 Å². The van der Waals surface area contributed by atoms with E-state index < -0.39 is 0 Å². The van der Waals surface area contributed by atoms with Crippen LogP contribution in [0.3, 0.4) is 0 Å². The quantitative estimate of drug-likeness (QED) is 0.385. The van der Waals surface area contributed by atoms with E-state index in [2.05, 4.69) is 19.1 Å². The maximum absolute atomic E-state index is 5.03. The van der Waals surface area contributed by atoms with E-state index in [1.807, 2.05) is 13.0 Å². The second kappa shape index (κ2) is 3.74. The zero-order valence-corrected chi connectivity index (χ0v) is 5.65. The zero-order chi connectivity index (χ0) is 7.28. The molecule has 0 heteroatoms. The third kappa shape index (κ3) is 4.64. The summed E-state index contributed by atoms with van der Waals surface area (Å²) in [5, 5.41) is 0. The molecule has 0 aromatic carbocycles. The Hall–Kier alpha value is -1.22. The number of hydrogen-bond donors (Lipinski definition) is 0. The number of terminal acetylenes is 1. The van der Waals surface area contributed by atoms with Gasteiger partial charge in [0.2, 0.25) is 0 Å². The Balaban J connectivity index is 3.90. The number of hydrogen-bond acceptors (Lipinski definition) is 0. The Labute approximate surface area is 56.6 Å². The van der Waals surface area contributed by atoms with Crippen LogP contribution >= 0.6 is 0 Å². The van der Waals surface area contributed by atoms with Crippen molar-refractivity contribution in [3.8, 4) is 12.3 Å². The van der Waals surface area contributed by atoms with E-state index in [0.717, 1.165) is 5.57 Å². The topological polar surface area (TPSA) is 0 Å². The summed E-state index contributed by atoms with van der Waals surface area (Å²) in [6.45, 7) is 9.15. The molecule has 0 aliphatic rings. The molecule has 0 aromatic rings. The third-order valence-electron chi connectivity index (χ3n) is 0.754. The molecule has 0 saturated heterocycles. The first kappa shape index (κ1) is 7.78. The lowest BCUT2D eigenvalue weighted by molar-refractivity contribution is 1.55. The molecule has 0 aliphatic heterocycles. The van der Waals surface area contributed by atoms with Gasteiger partial charge in [0.15, 0.2) is 0 Å². The van der Waals surface area contributed by atoms with Crippen molar-refractivity contribution in [2.75, 3.05) is 0 Å². The van der Waals surface area contributed by atoms with Crippen LogP contribution in [0.2, 0.25) is 0 Å². The van der Waals surface area contributed by atoms with E-state index in [0.29, 0.717) is 5.57 Å². The number of allylic oxidation sites excluding steroid dienone is 4. The van der Waals surface area contributed by atoms with Crippen molar-refractivity contribution in [2.24, 2.45) is 0 Å². The Kier molecular flexibility index (Phi) is 3.23. The highest BCUT2D eigenvalue weighted by Gasteiger charge is 1.76. The summed E-state index contributed by atoms with van der Waals surface area (Å²) in [6, 6.07) is 0. The van der Waals surface area contributed by atoms with Crippen molar-refractivity contribution in [1.29, 1.82) is 0 Å².